The highest BCUT2D eigenvalue weighted by molar-refractivity contribution is 5.74. The van der Waals surface area contributed by atoms with Crippen LogP contribution in [0.15, 0.2) is 24.3 Å². The van der Waals surface area contributed by atoms with E-state index in [9.17, 15) is 9.90 Å². The van der Waals surface area contributed by atoms with E-state index in [2.05, 4.69) is 20.8 Å². The first-order valence-corrected chi connectivity index (χ1v) is 10.0. The van der Waals surface area contributed by atoms with Gasteiger partial charge in [-0.3, -0.25) is 4.79 Å². The molecule has 0 spiro atoms. The quantitative estimate of drug-likeness (QED) is 0.628. The Morgan fingerprint density at radius 3 is 2.54 bits per heavy atom. The van der Waals surface area contributed by atoms with Gasteiger partial charge in [-0.2, -0.15) is 0 Å². The molecule has 7 atom stereocenters. The van der Waals surface area contributed by atoms with Crippen LogP contribution in [0.25, 0.3) is 0 Å². The molecule has 1 saturated heterocycles. The van der Waals surface area contributed by atoms with Gasteiger partial charge in [-0.25, -0.2) is 0 Å². The SMILES string of the molecule is CC1CC[C@@H]2C(CO1)[C@H]([C@@H](C)[C@H](O)Oc1ccc(C=O)cc1)CC[C@H]2C. The standard InChI is InChI=1S/C22H32O4/c1-14-4-10-20(21-13-25-15(2)5-11-19(14)21)16(3)22(24)26-18-8-6-17(12-23)7-9-18/h6-9,12,14-16,19-22,24H,4-5,10-11,13H2,1-3H3/t14-,15?,16-,19+,20+,21?,22-/m1/s1. The predicted molar refractivity (Wildman–Crippen MR) is 101 cm³/mol. The van der Waals surface area contributed by atoms with E-state index in [0.29, 0.717) is 35.2 Å². The summed E-state index contributed by atoms with van der Waals surface area (Å²) in [4.78, 5) is 10.8. The number of hydrogen-bond acceptors (Lipinski definition) is 4. The summed E-state index contributed by atoms with van der Waals surface area (Å²) in [5, 5.41) is 10.7. The molecule has 2 fully saturated rings. The maximum Gasteiger partial charge on any atom is 0.200 e. The maximum atomic E-state index is 10.8. The van der Waals surface area contributed by atoms with E-state index in [1.54, 1.807) is 24.3 Å². The number of carbonyl (C=O) groups is 1. The zero-order valence-electron chi connectivity index (χ0n) is 16.1. The van der Waals surface area contributed by atoms with E-state index in [-0.39, 0.29) is 5.92 Å². The van der Waals surface area contributed by atoms with Crippen LogP contribution in [0.2, 0.25) is 0 Å². The molecule has 1 aliphatic carbocycles. The highest BCUT2D eigenvalue weighted by Crippen LogP contribution is 2.46. The molecule has 1 saturated carbocycles. The van der Waals surface area contributed by atoms with Crippen LogP contribution >= 0.6 is 0 Å². The first kappa shape index (κ1) is 19.4. The Hall–Kier alpha value is -1.39. The molecule has 3 rings (SSSR count). The summed E-state index contributed by atoms with van der Waals surface area (Å²) < 4.78 is 11.9. The summed E-state index contributed by atoms with van der Waals surface area (Å²) in [6.45, 7) is 7.43. The van der Waals surface area contributed by atoms with Gasteiger partial charge in [0.05, 0.1) is 12.7 Å². The van der Waals surface area contributed by atoms with Gasteiger partial charge in [0, 0.05) is 11.5 Å². The molecule has 4 nitrogen and oxygen atoms in total. The summed E-state index contributed by atoms with van der Waals surface area (Å²) in [7, 11) is 0. The van der Waals surface area contributed by atoms with Gasteiger partial charge in [0.25, 0.3) is 0 Å². The lowest BCUT2D eigenvalue weighted by Crippen LogP contribution is -2.42. The fourth-order valence-electron chi connectivity index (χ4n) is 4.89. The monoisotopic (exact) mass is 360 g/mol. The maximum absolute atomic E-state index is 10.8. The summed E-state index contributed by atoms with van der Waals surface area (Å²) in [5.74, 6) is 2.95. The van der Waals surface area contributed by atoms with Crippen LogP contribution in [-0.4, -0.2) is 30.4 Å². The van der Waals surface area contributed by atoms with E-state index in [0.717, 1.165) is 31.7 Å². The van der Waals surface area contributed by atoms with Crippen molar-refractivity contribution in [2.45, 2.75) is 58.8 Å². The molecule has 0 radical (unpaired) electrons. The van der Waals surface area contributed by atoms with Crippen molar-refractivity contribution in [2.24, 2.45) is 29.6 Å². The van der Waals surface area contributed by atoms with E-state index < -0.39 is 6.29 Å². The lowest BCUT2D eigenvalue weighted by molar-refractivity contribution is -0.105. The zero-order chi connectivity index (χ0) is 18.7. The van der Waals surface area contributed by atoms with Crippen molar-refractivity contribution >= 4 is 6.29 Å². The lowest BCUT2D eigenvalue weighted by atomic mass is 9.62. The second-order valence-corrected chi connectivity index (χ2v) is 8.32. The predicted octanol–water partition coefficient (Wildman–Crippen LogP) is 4.31. The normalized spacial score (nSPS) is 34.2. The molecule has 2 unspecified atom stereocenters. The van der Waals surface area contributed by atoms with E-state index in [4.69, 9.17) is 9.47 Å². The van der Waals surface area contributed by atoms with E-state index >= 15 is 0 Å². The smallest absolute Gasteiger partial charge is 0.200 e. The van der Waals surface area contributed by atoms with Crippen LogP contribution < -0.4 is 4.74 Å². The Morgan fingerprint density at radius 2 is 1.85 bits per heavy atom. The molecule has 1 heterocycles. The molecule has 4 heteroatoms. The van der Waals surface area contributed by atoms with Gasteiger partial charge in [-0.15, -0.1) is 0 Å². The first-order valence-electron chi connectivity index (χ1n) is 10.0. The Bertz CT molecular complexity index is 584. The first-order chi connectivity index (χ1) is 12.5. The average Bonchev–Trinajstić information content (AvgIpc) is 2.85. The largest absolute Gasteiger partial charge is 0.465 e. The van der Waals surface area contributed by atoms with Gasteiger partial charge < -0.3 is 14.6 Å². The Labute approximate surface area is 156 Å². The van der Waals surface area contributed by atoms with Crippen molar-refractivity contribution in [1.29, 1.82) is 0 Å². The molecule has 0 amide bonds. The van der Waals surface area contributed by atoms with Gasteiger partial charge in [0.15, 0.2) is 6.29 Å². The molecule has 26 heavy (non-hydrogen) atoms. The van der Waals surface area contributed by atoms with Gasteiger partial charge >= 0.3 is 0 Å². The second kappa shape index (κ2) is 8.53. The van der Waals surface area contributed by atoms with Gasteiger partial charge in [-0.1, -0.05) is 20.3 Å². The van der Waals surface area contributed by atoms with Crippen LogP contribution in [0, 0.1) is 29.6 Å². The van der Waals surface area contributed by atoms with Crippen molar-refractivity contribution < 1.29 is 19.4 Å². The number of fused-ring (bicyclic) bond motifs is 1. The third kappa shape index (κ3) is 4.29. The van der Waals surface area contributed by atoms with Crippen LogP contribution in [0.4, 0.5) is 0 Å². The summed E-state index contributed by atoms with van der Waals surface area (Å²) in [6.07, 6.45) is 4.98. The van der Waals surface area contributed by atoms with E-state index in [1.165, 1.54) is 12.8 Å². The fraction of sp³-hybridized carbons (Fsp3) is 0.682. The van der Waals surface area contributed by atoms with Gasteiger partial charge in [-0.05, 0) is 74.1 Å². The zero-order valence-corrected chi connectivity index (χ0v) is 16.1. The Kier molecular flexibility index (Phi) is 6.36. The van der Waals surface area contributed by atoms with E-state index in [1.807, 2.05) is 0 Å². The van der Waals surface area contributed by atoms with Crippen molar-refractivity contribution in [1.82, 2.24) is 0 Å². The number of benzene rings is 1. The van der Waals surface area contributed by atoms with Crippen molar-refractivity contribution in [2.75, 3.05) is 6.61 Å². The summed E-state index contributed by atoms with van der Waals surface area (Å²) in [5.41, 5.74) is 0.605. The molecule has 1 N–H and O–H groups in total. The minimum atomic E-state index is -0.850. The topological polar surface area (TPSA) is 55.8 Å². The minimum absolute atomic E-state index is 0.0396. The van der Waals surface area contributed by atoms with Crippen LogP contribution in [0.1, 0.15) is 56.8 Å². The number of aldehydes is 1. The van der Waals surface area contributed by atoms with Gasteiger partial charge in [0.2, 0.25) is 0 Å². The lowest BCUT2D eigenvalue weighted by Gasteiger charge is -2.44. The summed E-state index contributed by atoms with van der Waals surface area (Å²) >= 11 is 0. The number of ether oxygens (including phenoxy) is 2. The molecule has 1 aromatic rings. The molecule has 1 aromatic carbocycles. The van der Waals surface area contributed by atoms with Crippen molar-refractivity contribution in [3.63, 3.8) is 0 Å². The molecular weight excluding hydrogens is 328 g/mol. The van der Waals surface area contributed by atoms with Gasteiger partial charge in [0.1, 0.15) is 12.0 Å². The third-order valence-corrected chi connectivity index (χ3v) is 6.66. The second-order valence-electron chi connectivity index (χ2n) is 8.32. The molecule has 0 aromatic heterocycles. The average molecular weight is 360 g/mol. The molecule has 0 bridgehead atoms. The number of aliphatic hydroxyl groups is 1. The van der Waals surface area contributed by atoms with Crippen LogP contribution in [-0.2, 0) is 4.74 Å². The summed E-state index contributed by atoms with van der Waals surface area (Å²) in [6, 6.07) is 6.89. The van der Waals surface area contributed by atoms with Crippen molar-refractivity contribution in [3.8, 4) is 5.75 Å². The molecular formula is C22H32O4. The van der Waals surface area contributed by atoms with Crippen LogP contribution in [0.5, 0.6) is 5.75 Å². The number of carbonyl (C=O) groups excluding carboxylic acids is 1. The molecule has 144 valence electrons. The highest BCUT2D eigenvalue weighted by Gasteiger charge is 2.43. The van der Waals surface area contributed by atoms with Crippen LogP contribution in [0.3, 0.4) is 0 Å². The van der Waals surface area contributed by atoms with Crippen molar-refractivity contribution in [3.05, 3.63) is 29.8 Å². The number of rotatable bonds is 5. The molecule has 1 aliphatic heterocycles. The molecule has 2 aliphatic rings. The Morgan fingerprint density at radius 1 is 1.12 bits per heavy atom. The highest BCUT2D eigenvalue weighted by atomic mass is 16.6. The third-order valence-electron chi connectivity index (χ3n) is 6.66. The minimum Gasteiger partial charge on any atom is -0.465 e. The number of aliphatic hydroxyl groups excluding tert-OH is 1. The fourth-order valence-corrected chi connectivity index (χ4v) is 4.89. The Balaban J connectivity index is 1.68. The number of hydrogen-bond donors (Lipinski definition) is 1.